The Balaban J connectivity index is 3.17. The van der Waals surface area contributed by atoms with Gasteiger partial charge in [-0.3, -0.25) is 4.79 Å². The summed E-state index contributed by atoms with van der Waals surface area (Å²) in [6.45, 7) is 3.83. The molecule has 0 aliphatic rings. The van der Waals surface area contributed by atoms with Gasteiger partial charge in [0.1, 0.15) is 0 Å². The van der Waals surface area contributed by atoms with E-state index >= 15 is 0 Å². The first-order chi connectivity index (χ1) is 5.18. The first kappa shape index (κ1) is 11.2. The third-order valence-corrected chi connectivity index (χ3v) is 3.45. The molecule has 0 aromatic rings. The Kier molecular flexibility index (Phi) is 6.96. The summed E-state index contributed by atoms with van der Waals surface area (Å²) in [5.74, 6) is 2.39. The van der Waals surface area contributed by atoms with Crippen LogP contribution in [0, 0.1) is 0 Å². The average molecular weight is 194 g/mol. The fourth-order valence-electron chi connectivity index (χ4n) is 0.499. The molecule has 0 aromatic heterocycles. The third kappa shape index (κ3) is 6.56. The molecule has 66 valence electrons. The average Bonchev–Trinajstić information content (AvgIpc) is 1.97. The molecule has 1 N–H and O–H groups in total. The largest absolute Gasteiger partial charge is 0.480 e. The highest BCUT2D eigenvalue weighted by Gasteiger charge is 2.09. The van der Waals surface area contributed by atoms with Gasteiger partial charge in [-0.25, -0.2) is 0 Å². The van der Waals surface area contributed by atoms with Crippen LogP contribution in [-0.2, 0) is 4.79 Å². The van der Waals surface area contributed by atoms with Crippen LogP contribution >= 0.6 is 23.5 Å². The van der Waals surface area contributed by atoms with Crippen molar-refractivity contribution in [1.29, 1.82) is 0 Å². The Morgan fingerprint density at radius 3 is 2.64 bits per heavy atom. The summed E-state index contributed by atoms with van der Waals surface area (Å²) in [4.78, 5) is 10.3. The van der Waals surface area contributed by atoms with Crippen LogP contribution in [0.4, 0.5) is 0 Å². The summed E-state index contributed by atoms with van der Waals surface area (Å²) in [5, 5.41) is 8.25. The molecule has 0 fully saturated rings. The molecule has 4 heteroatoms. The topological polar surface area (TPSA) is 37.3 Å². The van der Waals surface area contributed by atoms with Gasteiger partial charge in [0.25, 0.3) is 0 Å². The molecule has 0 heterocycles. The first-order valence-electron chi connectivity index (χ1n) is 3.60. The number of rotatable bonds is 6. The minimum Gasteiger partial charge on any atom is -0.480 e. The smallest absolute Gasteiger partial charge is 0.316 e. The molecule has 0 aromatic carbocycles. The normalized spacial score (nSPS) is 12.9. The van der Waals surface area contributed by atoms with Gasteiger partial charge in [0.15, 0.2) is 0 Å². The van der Waals surface area contributed by atoms with Gasteiger partial charge in [0, 0.05) is 11.5 Å². The molecule has 0 aliphatic carbocycles. The van der Waals surface area contributed by atoms with Gasteiger partial charge in [-0.05, 0) is 12.7 Å². The molecule has 11 heavy (non-hydrogen) atoms. The lowest BCUT2D eigenvalue weighted by Gasteiger charge is -2.04. The van der Waals surface area contributed by atoms with Crippen molar-refractivity contribution in [3.8, 4) is 0 Å². The summed E-state index contributed by atoms with van der Waals surface area (Å²) in [6, 6.07) is 0. The van der Waals surface area contributed by atoms with E-state index in [2.05, 4.69) is 6.92 Å². The molecule has 1 atom stereocenters. The van der Waals surface area contributed by atoms with Crippen LogP contribution < -0.4 is 0 Å². The van der Waals surface area contributed by atoms with E-state index in [1.807, 2.05) is 11.8 Å². The van der Waals surface area contributed by atoms with E-state index < -0.39 is 5.97 Å². The lowest BCUT2D eigenvalue weighted by Crippen LogP contribution is -2.12. The van der Waals surface area contributed by atoms with E-state index in [-0.39, 0.29) is 5.25 Å². The number of carbonyl (C=O) groups is 1. The van der Waals surface area contributed by atoms with Crippen LogP contribution in [0.5, 0.6) is 0 Å². The quantitative estimate of drug-likeness (QED) is 0.656. The second kappa shape index (κ2) is 6.85. The van der Waals surface area contributed by atoms with Gasteiger partial charge in [0.05, 0.1) is 5.25 Å². The van der Waals surface area contributed by atoms with Crippen molar-refractivity contribution in [2.24, 2.45) is 0 Å². The van der Waals surface area contributed by atoms with Crippen molar-refractivity contribution in [1.82, 2.24) is 0 Å². The molecule has 0 saturated carbocycles. The molecule has 0 amide bonds. The Bertz CT molecular complexity index is 117. The highest BCUT2D eigenvalue weighted by atomic mass is 32.2. The third-order valence-electron chi connectivity index (χ3n) is 1.15. The molecule has 0 rings (SSSR count). The zero-order valence-electron chi connectivity index (χ0n) is 6.87. The maximum Gasteiger partial charge on any atom is 0.316 e. The summed E-state index contributed by atoms with van der Waals surface area (Å²) in [7, 11) is 0. The van der Waals surface area contributed by atoms with Crippen molar-refractivity contribution >= 4 is 29.5 Å². The summed E-state index contributed by atoms with van der Waals surface area (Å²) in [6.07, 6.45) is 0. The van der Waals surface area contributed by atoms with Gasteiger partial charge in [-0.15, -0.1) is 11.8 Å². The SMILES string of the molecule is CCSCCSC(C)C(=O)O. The minimum atomic E-state index is -0.712. The van der Waals surface area contributed by atoms with Gasteiger partial charge in [0.2, 0.25) is 0 Å². The van der Waals surface area contributed by atoms with Crippen molar-refractivity contribution in [2.45, 2.75) is 19.1 Å². The molecular formula is C7H14O2S2. The number of hydrogen-bond donors (Lipinski definition) is 1. The molecular weight excluding hydrogens is 180 g/mol. The predicted molar refractivity (Wildman–Crippen MR) is 52.6 cm³/mol. The fourth-order valence-corrected chi connectivity index (χ4v) is 2.14. The summed E-state index contributed by atoms with van der Waals surface area (Å²) in [5.41, 5.74) is 0. The molecule has 0 spiro atoms. The lowest BCUT2D eigenvalue weighted by atomic mass is 10.5. The molecule has 0 aliphatic heterocycles. The Hall–Kier alpha value is 0.170. The van der Waals surface area contributed by atoms with Crippen LogP contribution in [-0.4, -0.2) is 33.6 Å². The number of carboxylic acid groups (broad SMARTS) is 1. The Morgan fingerprint density at radius 1 is 1.55 bits per heavy atom. The number of carboxylic acids is 1. The van der Waals surface area contributed by atoms with E-state index in [0.717, 1.165) is 17.3 Å². The number of hydrogen-bond acceptors (Lipinski definition) is 3. The number of aliphatic carboxylic acids is 1. The van der Waals surface area contributed by atoms with Gasteiger partial charge in [-0.2, -0.15) is 11.8 Å². The predicted octanol–water partition coefficient (Wildman–Crippen LogP) is 1.95. The van der Waals surface area contributed by atoms with Crippen molar-refractivity contribution in [2.75, 3.05) is 17.3 Å². The molecule has 1 unspecified atom stereocenters. The fraction of sp³-hybridized carbons (Fsp3) is 0.857. The van der Waals surface area contributed by atoms with Crippen LogP contribution in [0.1, 0.15) is 13.8 Å². The van der Waals surface area contributed by atoms with E-state index in [1.165, 1.54) is 11.8 Å². The Labute approximate surface area is 76.1 Å². The maximum absolute atomic E-state index is 10.3. The first-order valence-corrected chi connectivity index (χ1v) is 5.81. The summed E-state index contributed by atoms with van der Waals surface area (Å²) >= 11 is 3.35. The van der Waals surface area contributed by atoms with Crippen LogP contribution in [0.25, 0.3) is 0 Å². The molecule has 2 nitrogen and oxygen atoms in total. The zero-order valence-corrected chi connectivity index (χ0v) is 8.50. The van der Waals surface area contributed by atoms with Crippen molar-refractivity contribution in [3.63, 3.8) is 0 Å². The molecule has 0 bridgehead atoms. The van der Waals surface area contributed by atoms with E-state index in [4.69, 9.17) is 5.11 Å². The maximum atomic E-state index is 10.3. The van der Waals surface area contributed by atoms with Gasteiger partial charge < -0.3 is 5.11 Å². The highest BCUT2D eigenvalue weighted by Crippen LogP contribution is 2.12. The summed E-state index contributed by atoms with van der Waals surface area (Å²) < 4.78 is 0. The van der Waals surface area contributed by atoms with Crippen LogP contribution in [0.15, 0.2) is 0 Å². The van der Waals surface area contributed by atoms with Gasteiger partial charge in [-0.1, -0.05) is 6.92 Å². The van der Waals surface area contributed by atoms with Crippen molar-refractivity contribution in [3.05, 3.63) is 0 Å². The van der Waals surface area contributed by atoms with Crippen LogP contribution in [0.3, 0.4) is 0 Å². The monoisotopic (exact) mass is 194 g/mol. The lowest BCUT2D eigenvalue weighted by molar-refractivity contribution is -0.136. The Morgan fingerprint density at radius 2 is 2.18 bits per heavy atom. The highest BCUT2D eigenvalue weighted by molar-refractivity contribution is 8.03. The van der Waals surface area contributed by atoms with Crippen molar-refractivity contribution < 1.29 is 9.90 Å². The molecule has 0 radical (unpaired) electrons. The zero-order chi connectivity index (χ0) is 8.69. The molecule has 0 saturated heterocycles. The standard InChI is InChI=1S/C7H14O2S2/c1-3-10-4-5-11-6(2)7(8)9/h6H,3-5H2,1-2H3,(H,8,9). The van der Waals surface area contributed by atoms with E-state index in [9.17, 15) is 4.79 Å². The minimum absolute atomic E-state index is 0.257. The van der Waals surface area contributed by atoms with E-state index in [0.29, 0.717) is 0 Å². The van der Waals surface area contributed by atoms with E-state index in [1.54, 1.807) is 6.92 Å². The second-order valence-electron chi connectivity index (χ2n) is 2.05. The van der Waals surface area contributed by atoms with Crippen LogP contribution in [0.2, 0.25) is 0 Å². The van der Waals surface area contributed by atoms with Gasteiger partial charge >= 0.3 is 5.97 Å². The number of thioether (sulfide) groups is 2. The second-order valence-corrected chi connectivity index (χ2v) is 4.89.